The van der Waals surface area contributed by atoms with Gasteiger partial charge in [0.15, 0.2) is 24.1 Å². The Labute approximate surface area is 280 Å². The van der Waals surface area contributed by atoms with Crippen molar-refractivity contribution in [3.8, 4) is 0 Å². The van der Waals surface area contributed by atoms with Crippen LogP contribution in [0, 0.1) is 6.92 Å². The number of fused-ring (bicyclic) bond motifs is 1. The van der Waals surface area contributed by atoms with Gasteiger partial charge in [0, 0.05) is 89.3 Å². The normalized spacial score (nSPS) is 16.9. The number of aromatic nitrogens is 1. The molecule has 1 fully saturated rings. The Morgan fingerprint density at radius 1 is 0.851 bits per heavy atom. The maximum Gasteiger partial charge on any atom is 0.176 e. The number of ether oxygens (including phenoxy) is 4. The number of carbonyl (C=O) groups is 5. The summed E-state index contributed by atoms with van der Waals surface area (Å²) in [5.41, 5.74) is 9.56. The van der Waals surface area contributed by atoms with E-state index < -0.39 is 0 Å². The number of hydrogen-bond donors (Lipinski definition) is 3. The van der Waals surface area contributed by atoms with Gasteiger partial charge >= 0.3 is 0 Å². The number of methoxy groups -OCH3 is 4. The van der Waals surface area contributed by atoms with Crippen LogP contribution in [0.3, 0.4) is 0 Å². The van der Waals surface area contributed by atoms with E-state index in [0.717, 1.165) is 61.2 Å². The molecule has 0 amide bonds. The molecule has 47 heavy (non-hydrogen) atoms. The Balaban J connectivity index is 0.000000590. The number of ketones is 5. The molecule has 1 heterocycles. The van der Waals surface area contributed by atoms with Crippen LogP contribution >= 0.6 is 0 Å². The molecule has 0 bridgehead atoms. The zero-order valence-corrected chi connectivity index (χ0v) is 30.0. The molecule has 0 aromatic carbocycles. The molecule has 0 spiro atoms. The average Bonchev–Trinajstić information content (AvgIpc) is 3.41. The van der Waals surface area contributed by atoms with E-state index in [1.54, 1.807) is 41.4 Å². The highest BCUT2D eigenvalue weighted by Crippen LogP contribution is 2.21. The minimum absolute atomic E-state index is 0.0390. The highest BCUT2D eigenvalue weighted by molar-refractivity contribution is 6.01. The first-order valence-electron chi connectivity index (χ1n) is 16.3. The molecule has 268 valence electrons. The summed E-state index contributed by atoms with van der Waals surface area (Å²) in [7, 11) is 6.34. The number of H-pyrrole nitrogens is 1. The smallest absolute Gasteiger partial charge is 0.176 e. The first-order valence-corrected chi connectivity index (χ1v) is 16.3. The van der Waals surface area contributed by atoms with Gasteiger partial charge in [-0.05, 0) is 65.9 Å². The van der Waals surface area contributed by atoms with E-state index in [0.29, 0.717) is 31.5 Å². The Morgan fingerprint density at radius 3 is 1.74 bits per heavy atom. The van der Waals surface area contributed by atoms with Crippen LogP contribution in [0.1, 0.15) is 114 Å². The molecule has 4 rings (SSSR count). The van der Waals surface area contributed by atoms with Crippen molar-refractivity contribution in [3.63, 3.8) is 0 Å². The van der Waals surface area contributed by atoms with Gasteiger partial charge in [-0.3, -0.25) is 19.2 Å². The summed E-state index contributed by atoms with van der Waals surface area (Å²) in [5, 5.41) is 3.24. The maximum absolute atomic E-state index is 11.3. The molecule has 0 aliphatic heterocycles. The van der Waals surface area contributed by atoms with Crippen molar-refractivity contribution in [2.24, 2.45) is 5.73 Å². The lowest BCUT2D eigenvalue weighted by molar-refractivity contribution is -0.129. The Kier molecular flexibility index (Phi) is 23.4. The number of carbonyl (C=O) groups excluding carboxylic acids is 5. The van der Waals surface area contributed by atoms with Gasteiger partial charge in [0.25, 0.3) is 0 Å². The Hall–Kier alpha value is -3.03. The van der Waals surface area contributed by atoms with Crippen LogP contribution in [0.15, 0.2) is 17.8 Å². The van der Waals surface area contributed by atoms with Gasteiger partial charge in [-0.25, -0.2) is 0 Å². The van der Waals surface area contributed by atoms with E-state index in [2.05, 4.69) is 10.3 Å². The number of allylic oxidation sites excluding steroid dienone is 2. The largest absolute Gasteiger partial charge is 0.381 e. The third kappa shape index (κ3) is 19.4. The molecular formula is C35H59N3O9. The van der Waals surface area contributed by atoms with Gasteiger partial charge in [-0.2, -0.15) is 0 Å². The topological polar surface area (TPSA) is 176 Å². The van der Waals surface area contributed by atoms with E-state index in [9.17, 15) is 24.0 Å². The minimum Gasteiger partial charge on any atom is -0.381 e. The summed E-state index contributed by atoms with van der Waals surface area (Å²) in [6, 6.07) is 1.93. The predicted octanol–water partition coefficient (Wildman–Crippen LogP) is 4.70. The van der Waals surface area contributed by atoms with Crippen LogP contribution in [-0.4, -0.2) is 87.0 Å². The second kappa shape index (κ2) is 25.0. The second-order valence-electron chi connectivity index (χ2n) is 11.7. The van der Waals surface area contributed by atoms with Crippen molar-refractivity contribution in [1.82, 2.24) is 10.3 Å². The molecule has 12 nitrogen and oxygen atoms in total. The van der Waals surface area contributed by atoms with Crippen molar-refractivity contribution in [2.75, 3.05) is 28.4 Å². The summed E-state index contributed by atoms with van der Waals surface area (Å²) < 4.78 is 19.9. The summed E-state index contributed by atoms with van der Waals surface area (Å²) in [6.45, 7) is 9.23. The summed E-state index contributed by atoms with van der Waals surface area (Å²) >= 11 is 0. The van der Waals surface area contributed by atoms with E-state index in [4.69, 9.17) is 24.7 Å². The lowest BCUT2D eigenvalue weighted by Gasteiger charge is -2.25. The van der Waals surface area contributed by atoms with E-state index in [1.807, 2.05) is 33.8 Å². The molecule has 2 atom stereocenters. The lowest BCUT2D eigenvalue weighted by Crippen LogP contribution is -2.39. The fourth-order valence-electron chi connectivity index (χ4n) is 4.83. The Morgan fingerprint density at radius 2 is 1.36 bits per heavy atom. The van der Waals surface area contributed by atoms with E-state index in [1.165, 1.54) is 0 Å². The van der Waals surface area contributed by atoms with Crippen LogP contribution in [-0.2, 0) is 44.5 Å². The van der Waals surface area contributed by atoms with Crippen molar-refractivity contribution in [1.29, 1.82) is 0 Å². The molecule has 2 unspecified atom stereocenters. The molecule has 3 aliphatic carbocycles. The zero-order valence-electron chi connectivity index (χ0n) is 30.0. The molecule has 1 saturated carbocycles. The predicted molar refractivity (Wildman–Crippen MR) is 181 cm³/mol. The molecular weight excluding hydrogens is 606 g/mol. The monoisotopic (exact) mass is 665 g/mol. The summed E-state index contributed by atoms with van der Waals surface area (Å²) in [4.78, 5) is 56.4. The fraction of sp³-hybridized carbons (Fsp3) is 0.686. The molecule has 0 saturated heterocycles. The van der Waals surface area contributed by atoms with Crippen LogP contribution < -0.4 is 11.1 Å². The SMILES string of the molecule is CCC(C)=O.COC(OC)C(C)N.COC(OC)C(C)NC1=CC(=O)CCC1.Cc1cc2c([nH]1)CCCC2=O.O=C1CCCC(=O)C1. The lowest BCUT2D eigenvalue weighted by atomic mass is 9.97. The number of hydrogen-bond acceptors (Lipinski definition) is 11. The van der Waals surface area contributed by atoms with Crippen LogP contribution in [0.2, 0.25) is 0 Å². The molecule has 12 heteroatoms. The fourth-order valence-corrected chi connectivity index (χ4v) is 4.83. The standard InChI is InChI=1S/C11H19NO3.C9H11NO.C6H8O2.C5H13NO2.C4H8O/c1-8(11(14-2)15-3)12-9-5-4-6-10(13)7-9;1-6-5-7-8(10-6)3-2-4-9(7)11;7-5-2-1-3-6(8)4-5;1-4(6)5(7-2)8-3;1-3-4(2)5/h7-8,11-12H,4-6H2,1-3H3;5,10H,2-4H2,1H3;1-4H2;4-5H,6H2,1-3H3;3H2,1-2H3. The van der Waals surface area contributed by atoms with Gasteiger partial charge in [0.2, 0.25) is 0 Å². The maximum atomic E-state index is 11.3. The van der Waals surface area contributed by atoms with Gasteiger partial charge in [-0.15, -0.1) is 0 Å². The third-order valence-corrected chi connectivity index (χ3v) is 7.35. The van der Waals surface area contributed by atoms with Crippen molar-refractivity contribution < 1.29 is 42.9 Å². The van der Waals surface area contributed by atoms with Crippen molar-refractivity contribution >= 4 is 28.9 Å². The zero-order chi connectivity index (χ0) is 35.9. The van der Waals surface area contributed by atoms with Gasteiger partial charge in [0.05, 0.1) is 18.5 Å². The Bertz CT molecular complexity index is 1120. The van der Waals surface area contributed by atoms with Gasteiger partial charge < -0.3 is 39.8 Å². The summed E-state index contributed by atoms with van der Waals surface area (Å²) in [6.07, 6.45) is 9.28. The molecule has 1 aromatic heterocycles. The highest BCUT2D eigenvalue weighted by atomic mass is 16.7. The third-order valence-electron chi connectivity index (χ3n) is 7.35. The van der Waals surface area contributed by atoms with Crippen LogP contribution in [0.4, 0.5) is 0 Å². The minimum atomic E-state index is -0.289. The number of rotatable bonds is 9. The molecule has 3 aliphatic rings. The number of Topliss-reactive ketones (excluding diaryl/α,β-unsaturated/α-hetero) is 4. The first kappa shape index (κ1) is 44.0. The van der Waals surface area contributed by atoms with Crippen LogP contribution in [0.5, 0.6) is 0 Å². The number of nitrogens with one attached hydrogen (secondary N) is 2. The average molecular weight is 666 g/mol. The number of nitrogens with two attached hydrogens (primary N) is 1. The first-order chi connectivity index (χ1) is 22.2. The van der Waals surface area contributed by atoms with Crippen LogP contribution in [0.25, 0.3) is 0 Å². The van der Waals surface area contributed by atoms with Gasteiger partial charge in [0.1, 0.15) is 17.3 Å². The van der Waals surface area contributed by atoms with Gasteiger partial charge in [-0.1, -0.05) is 6.92 Å². The quantitative estimate of drug-likeness (QED) is 0.246. The molecule has 1 aromatic rings. The van der Waals surface area contributed by atoms with E-state index in [-0.39, 0.29) is 54.2 Å². The molecule has 0 radical (unpaired) electrons. The molecule has 4 N–H and O–H groups in total. The van der Waals surface area contributed by atoms with E-state index >= 15 is 0 Å². The van der Waals surface area contributed by atoms with Crippen molar-refractivity contribution in [3.05, 3.63) is 34.8 Å². The summed E-state index contributed by atoms with van der Waals surface area (Å²) in [5.74, 6) is 0.977. The number of aryl methyl sites for hydroxylation is 2. The number of aromatic amines is 1. The van der Waals surface area contributed by atoms with Crippen molar-refractivity contribution in [2.45, 2.75) is 130 Å². The highest BCUT2D eigenvalue weighted by Gasteiger charge is 2.19. The second-order valence-corrected chi connectivity index (χ2v) is 11.7.